The summed E-state index contributed by atoms with van der Waals surface area (Å²) in [5.74, 6) is -0.474. The number of primary amides is 1. The molecule has 28 heavy (non-hydrogen) atoms. The van der Waals surface area contributed by atoms with Gasteiger partial charge in [0.15, 0.2) is 12.2 Å². The Morgan fingerprint density at radius 1 is 1.18 bits per heavy atom. The summed E-state index contributed by atoms with van der Waals surface area (Å²) in [6.07, 6.45) is 1.74. The summed E-state index contributed by atoms with van der Waals surface area (Å²) in [5.41, 5.74) is 8.24. The van der Waals surface area contributed by atoms with Crippen LogP contribution in [0.1, 0.15) is 29.1 Å². The predicted molar refractivity (Wildman–Crippen MR) is 104 cm³/mol. The smallest absolute Gasteiger partial charge is 0.338 e. The van der Waals surface area contributed by atoms with Gasteiger partial charge in [-0.1, -0.05) is 12.1 Å². The molecule has 1 aliphatic rings. The summed E-state index contributed by atoms with van der Waals surface area (Å²) < 4.78 is 10.9. The molecule has 0 aliphatic carbocycles. The third-order valence-corrected chi connectivity index (χ3v) is 4.96. The third-order valence-electron chi connectivity index (χ3n) is 4.96. The van der Waals surface area contributed by atoms with Crippen molar-refractivity contribution in [1.82, 2.24) is 4.98 Å². The molecule has 0 radical (unpaired) electrons. The van der Waals surface area contributed by atoms with E-state index in [0.717, 1.165) is 30.6 Å². The van der Waals surface area contributed by atoms with E-state index in [9.17, 15) is 9.59 Å². The quantitative estimate of drug-likeness (QED) is 0.685. The minimum atomic E-state index is -0.442. The van der Waals surface area contributed by atoms with Crippen molar-refractivity contribution >= 4 is 28.7 Å². The number of piperidine rings is 1. The van der Waals surface area contributed by atoms with Gasteiger partial charge in [0.1, 0.15) is 5.52 Å². The number of benzene rings is 2. The molecule has 4 rings (SSSR count). The van der Waals surface area contributed by atoms with Crippen LogP contribution in [0, 0.1) is 5.92 Å². The van der Waals surface area contributed by atoms with Crippen LogP contribution in [0.25, 0.3) is 11.1 Å². The van der Waals surface area contributed by atoms with E-state index < -0.39 is 5.97 Å². The van der Waals surface area contributed by atoms with Crippen LogP contribution < -0.4 is 10.6 Å². The van der Waals surface area contributed by atoms with Crippen LogP contribution >= 0.6 is 0 Å². The number of fused-ring (bicyclic) bond motifs is 1. The molecule has 1 fully saturated rings. The van der Waals surface area contributed by atoms with E-state index in [0.29, 0.717) is 23.6 Å². The van der Waals surface area contributed by atoms with E-state index in [1.54, 1.807) is 12.1 Å². The number of nitrogens with two attached hydrogens (primary N) is 1. The second-order valence-corrected chi connectivity index (χ2v) is 6.89. The fourth-order valence-corrected chi connectivity index (χ4v) is 3.44. The van der Waals surface area contributed by atoms with Crippen LogP contribution in [-0.4, -0.2) is 29.9 Å². The first-order valence-electron chi connectivity index (χ1n) is 9.26. The number of rotatable bonds is 5. The lowest BCUT2D eigenvalue weighted by Gasteiger charge is -2.33. The lowest BCUT2D eigenvalue weighted by Crippen LogP contribution is -2.41. The molecule has 0 saturated carbocycles. The highest BCUT2D eigenvalue weighted by molar-refractivity contribution is 5.89. The fourth-order valence-electron chi connectivity index (χ4n) is 3.44. The highest BCUT2D eigenvalue weighted by atomic mass is 16.5. The van der Waals surface area contributed by atoms with Crippen LogP contribution in [0.2, 0.25) is 0 Å². The zero-order valence-electron chi connectivity index (χ0n) is 15.3. The van der Waals surface area contributed by atoms with Crippen molar-refractivity contribution in [3.8, 4) is 0 Å². The highest BCUT2D eigenvalue weighted by Crippen LogP contribution is 2.24. The third kappa shape index (κ3) is 3.83. The molecular weight excluding hydrogens is 358 g/mol. The first kappa shape index (κ1) is 18.0. The molecule has 1 saturated heterocycles. The van der Waals surface area contributed by atoms with E-state index in [1.807, 2.05) is 36.4 Å². The largest absolute Gasteiger partial charge is 0.452 e. The number of esters is 1. The van der Waals surface area contributed by atoms with Gasteiger partial charge in [-0.25, -0.2) is 9.78 Å². The number of para-hydroxylation sites is 2. The standard InChI is InChI=1S/C21H21N3O4/c22-20(25)15-4-3-11-24(12-15)16-9-7-14(8-10-16)21(26)27-13-19-23-17-5-1-2-6-18(17)28-19/h1-2,5-10,15H,3-4,11-13H2,(H2,22,25)/t15-/m1/s1. The van der Waals surface area contributed by atoms with Gasteiger partial charge in [-0.3, -0.25) is 4.79 Å². The van der Waals surface area contributed by atoms with E-state index >= 15 is 0 Å². The second-order valence-electron chi connectivity index (χ2n) is 6.89. The number of hydrogen-bond acceptors (Lipinski definition) is 6. The maximum Gasteiger partial charge on any atom is 0.338 e. The van der Waals surface area contributed by atoms with Crippen LogP contribution in [0.3, 0.4) is 0 Å². The topological polar surface area (TPSA) is 98.7 Å². The molecule has 2 aromatic carbocycles. The summed E-state index contributed by atoms with van der Waals surface area (Å²) in [6.45, 7) is 1.45. The molecule has 2 N–H and O–H groups in total. The zero-order valence-corrected chi connectivity index (χ0v) is 15.3. The minimum Gasteiger partial charge on any atom is -0.452 e. The van der Waals surface area contributed by atoms with E-state index in [4.69, 9.17) is 14.9 Å². The van der Waals surface area contributed by atoms with Crippen molar-refractivity contribution in [3.05, 3.63) is 60.0 Å². The van der Waals surface area contributed by atoms with Crippen molar-refractivity contribution in [1.29, 1.82) is 0 Å². The van der Waals surface area contributed by atoms with E-state index in [2.05, 4.69) is 9.88 Å². The molecule has 1 aromatic heterocycles. The molecule has 144 valence electrons. The summed E-state index contributed by atoms with van der Waals surface area (Å²) >= 11 is 0. The summed E-state index contributed by atoms with van der Waals surface area (Å²) in [6, 6.07) is 14.5. The van der Waals surface area contributed by atoms with E-state index in [-0.39, 0.29) is 18.4 Å². The molecule has 0 bridgehead atoms. The molecule has 1 amide bonds. The van der Waals surface area contributed by atoms with Gasteiger partial charge in [0.2, 0.25) is 11.8 Å². The van der Waals surface area contributed by atoms with Crippen molar-refractivity contribution < 1.29 is 18.7 Å². The number of oxazole rings is 1. The van der Waals surface area contributed by atoms with Gasteiger partial charge in [-0.2, -0.15) is 0 Å². The Labute approximate surface area is 162 Å². The Hall–Kier alpha value is -3.35. The molecule has 1 atom stereocenters. The van der Waals surface area contributed by atoms with E-state index in [1.165, 1.54) is 0 Å². The number of anilines is 1. The van der Waals surface area contributed by atoms with Crippen LogP contribution in [0.5, 0.6) is 0 Å². The molecule has 1 aliphatic heterocycles. The number of nitrogens with zero attached hydrogens (tertiary/aromatic N) is 2. The molecule has 3 aromatic rings. The van der Waals surface area contributed by atoms with Crippen molar-refractivity contribution in [2.24, 2.45) is 11.7 Å². The Morgan fingerprint density at radius 2 is 1.96 bits per heavy atom. The Bertz CT molecular complexity index is 963. The zero-order chi connectivity index (χ0) is 19.5. The summed E-state index contributed by atoms with van der Waals surface area (Å²) in [5, 5.41) is 0. The number of hydrogen-bond donors (Lipinski definition) is 1. The fraction of sp³-hybridized carbons (Fsp3) is 0.286. The summed E-state index contributed by atoms with van der Waals surface area (Å²) in [7, 11) is 0. The average Bonchev–Trinajstić information content (AvgIpc) is 3.15. The van der Waals surface area contributed by atoms with Gasteiger partial charge in [0, 0.05) is 18.8 Å². The second kappa shape index (κ2) is 7.72. The van der Waals surface area contributed by atoms with Gasteiger partial charge in [-0.15, -0.1) is 0 Å². The highest BCUT2D eigenvalue weighted by Gasteiger charge is 2.24. The number of ether oxygens (including phenoxy) is 1. The van der Waals surface area contributed by atoms with Crippen LogP contribution in [-0.2, 0) is 16.1 Å². The van der Waals surface area contributed by atoms with Crippen LogP contribution in [0.15, 0.2) is 52.9 Å². The molecule has 7 nitrogen and oxygen atoms in total. The summed E-state index contributed by atoms with van der Waals surface area (Å²) in [4.78, 5) is 30.1. The minimum absolute atomic E-state index is 0.0261. The van der Waals surface area contributed by atoms with Crippen molar-refractivity contribution in [2.45, 2.75) is 19.4 Å². The average molecular weight is 379 g/mol. The number of carbonyl (C=O) groups excluding carboxylic acids is 2. The predicted octanol–water partition coefficient (Wildman–Crippen LogP) is 2.89. The molecule has 0 unspecified atom stereocenters. The van der Waals surface area contributed by atoms with Gasteiger partial charge in [-0.05, 0) is 49.2 Å². The first-order chi connectivity index (χ1) is 13.6. The lowest BCUT2D eigenvalue weighted by atomic mass is 9.97. The van der Waals surface area contributed by atoms with Gasteiger partial charge in [0.25, 0.3) is 0 Å². The molecular formula is C21H21N3O4. The Morgan fingerprint density at radius 3 is 2.71 bits per heavy atom. The van der Waals surface area contributed by atoms with Crippen molar-refractivity contribution in [2.75, 3.05) is 18.0 Å². The number of amides is 1. The SMILES string of the molecule is NC(=O)[C@@H]1CCCN(c2ccc(C(=O)OCc3nc4ccccc4o3)cc2)C1. The normalized spacial score (nSPS) is 16.9. The van der Waals surface area contributed by atoms with Gasteiger partial charge >= 0.3 is 5.97 Å². The van der Waals surface area contributed by atoms with Crippen LogP contribution in [0.4, 0.5) is 5.69 Å². The van der Waals surface area contributed by atoms with Crippen molar-refractivity contribution in [3.63, 3.8) is 0 Å². The molecule has 2 heterocycles. The number of carbonyl (C=O) groups is 2. The molecule has 7 heteroatoms. The maximum atomic E-state index is 12.3. The lowest BCUT2D eigenvalue weighted by molar-refractivity contribution is -0.122. The monoisotopic (exact) mass is 379 g/mol. The number of aromatic nitrogens is 1. The van der Waals surface area contributed by atoms with Gasteiger partial charge in [0.05, 0.1) is 11.5 Å². The Balaban J connectivity index is 1.37. The Kier molecular flexibility index (Phi) is 4.97. The maximum absolute atomic E-state index is 12.3. The molecule has 0 spiro atoms. The first-order valence-corrected chi connectivity index (χ1v) is 9.26. The van der Waals surface area contributed by atoms with Gasteiger partial charge < -0.3 is 19.8 Å².